The summed E-state index contributed by atoms with van der Waals surface area (Å²) in [5, 5.41) is 19.2. The van der Waals surface area contributed by atoms with Crippen LogP contribution in [0.4, 0.5) is 0 Å². The first-order valence-electron chi connectivity index (χ1n) is 11.0. The van der Waals surface area contributed by atoms with Gasteiger partial charge < -0.3 is 24.1 Å². The highest BCUT2D eigenvalue weighted by atomic mass is 28.4. The van der Waals surface area contributed by atoms with Crippen LogP contribution in [0.5, 0.6) is 5.75 Å². The Kier molecular flexibility index (Phi) is 12.1. The third-order valence-electron chi connectivity index (χ3n) is 6.10. The van der Waals surface area contributed by atoms with Crippen molar-refractivity contribution in [2.24, 2.45) is 11.8 Å². The molecule has 1 aromatic carbocycles. The molecule has 0 bridgehead atoms. The van der Waals surface area contributed by atoms with E-state index in [1.165, 1.54) is 0 Å². The Labute approximate surface area is 178 Å². The van der Waals surface area contributed by atoms with Crippen LogP contribution in [-0.2, 0) is 15.8 Å². The second kappa shape index (κ2) is 13.4. The van der Waals surface area contributed by atoms with Crippen molar-refractivity contribution in [1.29, 1.82) is 0 Å². The van der Waals surface area contributed by atoms with E-state index in [2.05, 4.69) is 34.6 Å². The molecule has 6 heteroatoms. The molecule has 2 N–H and O–H groups in total. The summed E-state index contributed by atoms with van der Waals surface area (Å²) in [6, 6.07) is 11.2. The van der Waals surface area contributed by atoms with E-state index in [1.807, 2.05) is 24.3 Å². The van der Waals surface area contributed by atoms with Gasteiger partial charge in [0.2, 0.25) is 0 Å². The van der Waals surface area contributed by atoms with Crippen molar-refractivity contribution in [3.8, 4) is 5.75 Å². The molecule has 0 aliphatic heterocycles. The van der Waals surface area contributed by atoms with Crippen LogP contribution in [-0.4, -0.2) is 51.1 Å². The molecule has 0 heterocycles. The van der Waals surface area contributed by atoms with E-state index in [1.54, 1.807) is 7.11 Å². The molecule has 5 nitrogen and oxygen atoms in total. The number of methoxy groups -OCH3 is 1. The van der Waals surface area contributed by atoms with Crippen LogP contribution in [0.25, 0.3) is 0 Å². The maximum atomic E-state index is 9.96. The van der Waals surface area contributed by atoms with Crippen molar-refractivity contribution < 1.29 is 24.1 Å². The van der Waals surface area contributed by atoms with Gasteiger partial charge in [-0.3, -0.25) is 0 Å². The smallest absolute Gasteiger partial charge is 0.192 e. The monoisotopic (exact) mass is 426 g/mol. The minimum Gasteiger partial charge on any atom is -0.497 e. The van der Waals surface area contributed by atoms with Gasteiger partial charge >= 0.3 is 0 Å². The van der Waals surface area contributed by atoms with Crippen molar-refractivity contribution in [3.63, 3.8) is 0 Å². The normalized spacial score (nSPS) is 16.3. The van der Waals surface area contributed by atoms with E-state index in [0.717, 1.165) is 29.4 Å². The Hall–Kier alpha value is -0.923. The van der Waals surface area contributed by atoms with Crippen molar-refractivity contribution in [2.75, 3.05) is 20.3 Å². The number of benzene rings is 1. The van der Waals surface area contributed by atoms with Gasteiger partial charge in [0.25, 0.3) is 0 Å². The van der Waals surface area contributed by atoms with Gasteiger partial charge in [-0.25, -0.2) is 0 Å². The van der Waals surface area contributed by atoms with Crippen LogP contribution in [0.15, 0.2) is 24.3 Å². The summed E-state index contributed by atoms with van der Waals surface area (Å²) < 4.78 is 18.0. The molecule has 29 heavy (non-hydrogen) atoms. The predicted octanol–water partition coefficient (Wildman–Crippen LogP) is 4.62. The molecule has 0 aliphatic rings. The van der Waals surface area contributed by atoms with Crippen LogP contribution < -0.4 is 4.74 Å². The average molecular weight is 427 g/mol. The first kappa shape index (κ1) is 26.1. The number of aliphatic hydroxyl groups is 2. The summed E-state index contributed by atoms with van der Waals surface area (Å²) >= 11 is 0. The molecular formula is C23H42O5Si. The quantitative estimate of drug-likeness (QED) is 0.401. The standard InChI is InChI=1S/C23H42O5Si/c1-7-29(8-2,9-3)28-23(18(4)14-21(25)15-24)19(5)16-27-17-20-10-12-22(26-6)13-11-20/h10-13,18-19,21,23-25H,7-9,14-17H2,1-6H3/t18-,19+,21-,23+/m1/s1. The van der Waals surface area contributed by atoms with Crippen LogP contribution in [0.1, 0.15) is 46.6 Å². The summed E-state index contributed by atoms with van der Waals surface area (Å²) in [6.45, 7) is 11.9. The van der Waals surface area contributed by atoms with Crippen molar-refractivity contribution in [3.05, 3.63) is 29.8 Å². The lowest BCUT2D eigenvalue weighted by molar-refractivity contribution is -0.00742. The number of ether oxygens (including phenoxy) is 2. The molecule has 1 rings (SSSR count). The molecule has 0 amide bonds. The lowest BCUT2D eigenvalue weighted by atomic mass is 9.90. The number of rotatable bonds is 15. The minimum absolute atomic E-state index is 0.0126. The van der Waals surface area contributed by atoms with Crippen LogP contribution >= 0.6 is 0 Å². The third-order valence-corrected chi connectivity index (χ3v) is 10.7. The van der Waals surface area contributed by atoms with Crippen LogP contribution in [0, 0.1) is 11.8 Å². The maximum absolute atomic E-state index is 9.96. The van der Waals surface area contributed by atoms with Gasteiger partial charge in [0.05, 0.1) is 39.1 Å². The van der Waals surface area contributed by atoms with Crippen LogP contribution in [0.3, 0.4) is 0 Å². The zero-order chi connectivity index (χ0) is 21.9. The Bertz CT molecular complexity index is 538. The molecule has 4 atom stereocenters. The van der Waals surface area contributed by atoms with Gasteiger partial charge in [-0.05, 0) is 48.2 Å². The number of aliphatic hydroxyl groups excluding tert-OH is 2. The molecule has 0 saturated carbocycles. The van der Waals surface area contributed by atoms with Crippen molar-refractivity contribution >= 4 is 8.32 Å². The SMILES string of the molecule is CC[Si](CC)(CC)O[C@@H]([C@H](C)C[C@@H](O)CO)[C@@H](C)COCc1ccc(OC)cc1. The maximum Gasteiger partial charge on any atom is 0.192 e. The molecule has 168 valence electrons. The second-order valence-electron chi connectivity index (χ2n) is 8.22. The zero-order valence-electron chi connectivity index (χ0n) is 19.2. The summed E-state index contributed by atoms with van der Waals surface area (Å²) in [7, 11) is -0.133. The molecule has 0 radical (unpaired) electrons. The zero-order valence-corrected chi connectivity index (χ0v) is 20.2. The number of hydrogen-bond acceptors (Lipinski definition) is 5. The third kappa shape index (κ3) is 8.38. The summed E-state index contributed by atoms with van der Waals surface area (Å²) in [4.78, 5) is 0. The molecule has 0 aromatic heterocycles. The molecular weight excluding hydrogens is 384 g/mol. The minimum atomic E-state index is -1.79. The van der Waals surface area contributed by atoms with Crippen LogP contribution in [0.2, 0.25) is 18.1 Å². The Morgan fingerprint density at radius 3 is 2.03 bits per heavy atom. The van der Waals surface area contributed by atoms with E-state index in [-0.39, 0.29) is 24.5 Å². The highest BCUT2D eigenvalue weighted by molar-refractivity contribution is 6.73. The van der Waals surface area contributed by atoms with E-state index in [9.17, 15) is 10.2 Å². The first-order chi connectivity index (χ1) is 13.8. The van der Waals surface area contributed by atoms with E-state index in [4.69, 9.17) is 13.9 Å². The Morgan fingerprint density at radius 1 is 0.966 bits per heavy atom. The highest BCUT2D eigenvalue weighted by Gasteiger charge is 2.36. The largest absolute Gasteiger partial charge is 0.497 e. The van der Waals surface area contributed by atoms with Gasteiger partial charge in [-0.2, -0.15) is 0 Å². The fourth-order valence-electron chi connectivity index (χ4n) is 3.90. The fraction of sp³-hybridized carbons (Fsp3) is 0.739. The summed E-state index contributed by atoms with van der Waals surface area (Å²) in [5.41, 5.74) is 1.11. The molecule has 1 aromatic rings. The topological polar surface area (TPSA) is 68.2 Å². The molecule has 0 aliphatic carbocycles. The van der Waals surface area contributed by atoms with E-state index < -0.39 is 14.4 Å². The number of hydrogen-bond donors (Lipinski definition) is 2. The van der Waals surface area contributed by atoms with Gasteiger partial charge in [0.15, 0.2) is 8.32 Å². The van der Waals surface area contributed by atoms with Crippen molar-refractivity contribution in [1.82, 2.24) is 0 Å². The molecule has 0 saturated heterocycles. The lowest BCUT2D eigenvalue weighted by Crippen LogP contribution is -2.46. The molecule has 0 unspecified atom stereocenters. The second-order valence-corrected chi connectivity index (χ2v) is 12.9. The average Bonchev–Trinajstić information content (AvgIpc) is 2.75. The molecule has 0 spiro atoms. The van der Waals surface area contributed by atoms with Gasteiger partial charge in [0, 0.05) is 5.92 Å². The van der Waals surface area contributed by atoms with Gasteiger partial charge in [-0.1, -0.05) is 46.8 Å². The first-order valence-corrected chi connectivity index (χ1v) is 13.5. The summed E-state index contributed by atoms with van der Waals surface area (Å²) in [6.07, 6.45) is -0.158. The predicted molar refractivity (Wildman–Crippen MR) is 121 cm³/mol. The fourth-order valence-corrected chi connectivity index (χ4v) is 6.94. The van der Waals surface area contributed by atoms with E-state index in [0.29, 0.717) is 19.6 Å². The Balaban J connectivity index is 2.77. The highest BCUT2D eigenvalue weighted by Crippen LogP contribution is 2.31. The van der Waals surface area contributed by atoms with Gasteiger partial charge in [0.1, 0.15) is 5.75 Å². The molecule has 0 fully saturated rings. The Morgan fingerprint density at radius 2 is 1.55 bits per heavy atom. The van der Waals surface area contributed by atoms with E-state index >= 15 is 0 Å². The lowest BCUT2D eigenvalue weighted by Gasteiger charge is -2.39. The van der Waals surface area contributed by atoms with Gasteiger partial charge in [-0.15, -0.1) is 0 Å². The van der Waals surface area contributed by atoms with Crippen molar-refractivity contribution in [2.45, 2.75) is 78.0 Å². The summed E-state index contributed by atoms with van der Waals surface area (Å²) in [5.74, 6) is 1.19.